The molecule has 0 aliphatic rings. The van der Waals surface area contributed by atoms with Crippen molar-refractivity contribution in [2.75, 3.05) is 26.2 Å². The number of carbonyl (C=O) groups excluding carboxylic acids is 1. The van der Waals surface area contributed by atoms with Gasteiger partial charge in [0.2, 0.25) is 5.91 Å². The Kier molecular flexibility index (Phi) is 6.50. The molecule has 0 saturated carbocycles. The summed E-state index contributed by atoms with van der Waals surface area (Å²) in [5.74, 6) is -0.0771. The second-order valence-electron chi connectivity index (χ2n) is 4.56. The van der Waals surface area contributed by atoms with Crippen LogP contribution in [0.15, 0.2) is 18.2 Å². The molecule has 0 aromatic heterocycles. The van der Waals surface area contributed by atoms with E-state index >= 15 is 0 Å². The lowest BCUT2D eigenvalue weighted by Crippen LogP contribution is -2.38. The van der Waals surface area contributed by atoms with Crippen molar-refractivity contribution < 1.29 is 9.18 Å². The van der Waals surface area contributed by atoms with Gasteiger partial charge in [0.15, 0.2) is 0 Å². The third-order valence-corrected chi connectivity index (χ3v) is 3.27. The predicted octanol–water partition coefficient (Wildman–Crippen LogP) is 2.13. The Bertz CT molecular complexity index is 417. The Labute approximate surface area is 114 Å². The largest absolute Gasteiger partial charge is 0.342 e. The summed E-state index contributed by atoms with van der Waals surface area (Å²) in [5.41, 5.74) is 2.07. The molecule has 0 spiro atoms. The Hall–Kier alpha value is -1.42. The quantitative estimate of drug-likeness (QED) is 0.767. The van der Waals surface area contributed by atoms with Crippen molar-refractivity contribution in [2.24, 2.45) is 0 Å². The molecule has 19 heavy (non-hydrogen) atoms. The van der Waals surface area contributed by atoms with Gasteiger partial charge in [-0.05, 0) is 57.0 Å². The average Bonchev–Trinajstić information content (AvgIpc) is 2.38. The highest BCUT2D eigenvalue weighted by Crippen LogP contribution is 2.10. The molecule has 0 saturated heterocycles. The highest BCUT2D eigenvalue weighted by molar-refractivity contribution is 5.78. The zero-order valence-electron chi connectivity index (χ0n) is 12.0. The second-order valence-corrected chi connectivity index (χ2v) is 4.56. The Morgan fingerprint density at radius 2 is 2.00 bits per heavy atom. The van der Waals surface area contributed by atoms with Gasteiger partial charge in [0.05, 0.1) is 6.54 Å². The highest BCUT2D eigenvalue weighted by Gasteiger charge is 2.08. The molecule has 0 aliphatic heterocycles. The lowest BCUT2D eigenvalue weighted by molar-refractivity contribution is -0.129. The first-order valence-corrected chi connectivity index (χ1v) is 6.82. The van der Waals surface area contributed by atoms with E-state index in [0.717, 1.165) is 37.2 Å². The van der Waals surface area contributed by atoms with Crippen LogP contribution in [0.3, 0.4) is 0 Å². The van der Waals surface area contributed by atoms with Crippen LogP contribution >= 0.6 is 0 Å². The van der Waals surface area contributed by atoms with Gasteiger partial charge in [-0.15, -0.1) is 0 Å². The van der Waals surface area contributed by atoms with Crippen molar-refractivity contribution >= 4 is 5.91 Å². The van der Waals surface area contributed by atoms with E-state index in [9.17, 15) is 9.18 Å². The van der Waals surface area contributed by atoms with Crippen LogP contribution in [0.1, 0.15) is 25.0 Å². The van der Waals surface area contributed by atoms with Crippen molar-refractivity contribution in [1.29, 1.82) is 0 Å². The Morgan fingerprint density at radius 3 is 2.58 bits per heavy atom. The summed E-state index contributed by atoms with van der Waals surface area (Å²) in [4.78, 5) is 13.5. The molecule has 1 N–H and O–H groups in total. The van der Waals surface area contributed by atoms with Gasteiger partial charge in [-0.25, -0.2) is 4.39 Å². The smallest absolute Gasteiger partial charge is 0.236 e. The van der Waals surface area contributed by atoms with E-state index in [1.807, 2.05) is 20.8 Å². The molecule has 1 aromatic rings. The van der Waals surface area contributed by atoms with Crippen LogP contribution in [-0.4, -0.2) is 37.0 Å². The zero-order valence-corrected chi connectivity index (χ0v) is 12.0. The average molecular weight is 266 g/mol. The fraction of sp³-hybridized carbons (Fsp3) is 0.533. The maximum atomic E-state index is 12.9. The minimum atomic E-state index is -0.203. The first kappa shape index (κ1) is 15.6. The van der Waals surface area contributed by atoms with Gasteiger partial charge in [0, 0.05) is 13.1 Å². The summed E-state index contributed by atoms with van der Waals surface area (Å²) in [6.07, 6.45) is 0.803. The van der Waals surface area contributed by atoms with Gasteiger partial charge in [-0.3, -0.25) is 4.79 Å². The molecule has 0 bridgehead atoms. The van der Waals surface area contributed by atoms with Crippen molar-refractivity contribution in [3.63, 3.8) is 0 Å². The van der Waals surface area contributed by atoms with E-state index in [0.29, 0.717) is 6.54 Å². The van der Waals surface area contributed by atoms with E-state index in [1.54, 1.807) is 11.0 Å². The molecule has 0 atom stereocenters. The van der Waals surface area contributed by atoms with E-state index < -0.39 is 0 Å². The molecule has 0 heterocycles. The lowest BCUT2D eigenvalue weighted by Gasteiger charge is -2.18. The molecule has 1 rings (SSSR count). The van der Waals surface area contributed by atoms with Crippen molar-refractivity contribution in [2.45, 2.75) is 27.2 Å². The van der Waals surface area contributed by atoms with Crippen LogP contribution in [0.25, 0.3) is 0 Å². The SMILES string of the molecule is CCN(CC)C(=O)CNCCc1ccc(F)cc1C. The van der Waals surface area contributed by atoms with Gasteiger partial charge in [0.1, 0.15) is 5.82 Å². The van der Waals surface area contributed by atoms with E-state index in [1.165, 1.54) is 12.1 Å². The fourth-order valence-corrected chi connectivity index (χ4v) is 2.05. The van der Waals surface area contributed by atoms with Crippen LogP contribution in [-0.2, 0) is 11.2 Å². The molecule has 0 fully saturated rings. The zero-order chi connectivity index (χ0) is 14.3. The first-order valence-electron chi connectivity index (χ1n) is 6.82. The monoisotopic (exact) mass is 266 g/mol. The van der Waals surface area contributed by atoms with Crippen LogP contribution in [0.4, 0.5) is 4.39 Å². The Morgan fingerprint density at radius 1 is 1.32 bits per heavy atom. The van der Waals surface area contributed by atoms with Crippen LogP contribution in [0.5, 0.6) is 0 Å². The van der Waals surface area contributed by atoms with Crippen molar-refractivity contribution in [1.82, 2.24) is 10.2 Å². The van der Waals surface area contributed by atoms with Crippen molar-refractivity contribution in [3.05, 3.63) is 35.1 Å². The summed E-state index contributed by atoms with van der Waals surface area (Å²) >= 11 is 0. The third-order valence-electron chi connectivity index (χ3n) is 3.27. The van der Waals surface area contributed by atoms with E-state index in [-0.39, 0.29) is 11.7 Å². The molecule has 0 aliphatic carbocycles. The first-order chi connectivity index (χ1) is 9.08. The minimum Gasteiger partial charge on any atom is -0.342 e. The summed E-state index contributed by atoms with van der Waals surface area (Å²) in [5, 5.41) is 3.14. The summed E-state index contributed by atoms with van der Waals surface area (Å²) in [6.45, 7) is 8.43. The highest BCUT2D eigenvalue weighted by atomic mass is 19.1. The normalized spacial score (nSPS) is 10.5. The molecule has 3 nitrogen and oxygen atoms in total. The number of likely N-dealkylation sites (N-methyl/N-ethyl adjacent to an activating group) is 1. The van der Waals surface area contributed by atoms with Crippen LogP contribution in [0, 0.1) is 12.7 Å². The molecule has 0 unspecified atom stereocenters. The number of carbonyl (C=O) groups is 1. The lowest BCUT2D eigenvalue weighted by atomic mass is 10.1. The number of nitrogens with one attached hydrogen (secondary N) is 1. The third kappa shape index (κ3) is 4.99. The van der Waals surface area contributed by atoms with Gasteiger partial charge in [-0.1, -0.05) is 6.07 Å². The number of hydrogen-bond donors (Lipinski definition) is 1. The number of aryl methyl sites for hydroxylation is 1. The van der Waals surface area contributed by atoms with Gasteiger partial charge >= 0.3 is 0 Å². The number of rotatable bonds is 7. The topological polar surface area (TPSA) is 32.3 Å². The maximum absolute atomic E-state index is 12.9. The molecule has 1 aromatic carbocycles. The van der Waals surface area contributed by atoms with Crippen molar-refractivity contribution in [3.8, 4) is 0 Å². The molecule has 106 valence electrons. The van der Waals surface area contributed by atoms with Gasteiger partial charge < -0.3 is 10.2 Å². The number of benzene rings is 1. The number of hydrogen-bond acceptors (Lipinski definition) is 2. The van der Waals surface area contributed by atoms with E-state index in [4.69, 9.17) is 0 Å². The van der Waals surface area contributed by atoms with Gasteiger partial charge in [-0.2, -0.15) is 0 Å². The molecule has 1 amide bonds. The molecular formula is C15H23FN2O. The second kappa shape index (κ2) is 7.89. The van der Waals surface area contributed by atoms with Crippen LogP contribution < -0.4 is 5.32 Å². The minimum absolute atomic E-state index is 0.126. The van der Waals surface area contributed by atoms with Gasteiger partial charge in [0.25, 0.3) is 0 Å². The number of halogens is 1. The molecule has 4 heteroatoms. The summed E-state index contributed by atoms with van der Waals surface area (Å²) in [6, 6.07) is 4.82. The summed E-state index contributed by atoms with van der Waals surface area (Å²) in [7, 11) is 0. The Balaban J connectivity index is 2.33. The fourth-order valence-electron chi connectivity index (χ4n) is 2.05. The standard InChI is InChI=1S/C15H23FN2O/c1-4-18(5-2)15(19)11-17-9-8-13-6-7-14(16)10-12(13)3/h6-7,10,17H,4-5,8-9,11H2,1-3H3. The maximum Gasteiger partial charge on any atom is 0.236 e. The predicted molar refractivity (Wildman–Crippen MR) is 75.6 cm³/mol. The number of nitrogens with zero attached hydrogens (tertiary/aromatic N) is 1. The van der Waals surface area contributed by atoms with E-state index in [2.05, 4.69) is 5.32 Å². The molecule has 0 radical (unpaired) electrons. The van der Waals surface area contributed by atoms with Crippen LogP contribution in [0.2, 0.25) is 0 Å². The summed E-state index contributed by atoms with van der Waals surface area (Å²) < 4.78 is 12.9. The molecular weight excluding hydrogens is 243 g/mol. The number of amides is 1.